The molecule has 1 aliphatic heterocycles. The number of carbonyl (C=O) groups excluding carboxylic acids is 2. The summed E-state index contributed by atoms with van der Waals surface area (Å²) < 4.78 is 0. The van der Waals surface area contributed by atoms with Crippen LogP contribution in [0.15, 0.2) is 24.3 Å². The fourth-order valence-electron chi connectivity index (χ4n) is 4.32. The van der Waals surface area contributed by atoms with E-state index < -0.39 is 0 Å². The molecule has 0 atom stereocenters. The number of aryl methyl sites for hydroxylation is 1. The molecule has 0 saturated heterocycles. The van der Waals surface area contributed by atoms with Gasteiger partial charge in [-0.05, 0) is 57.3 Å². The number of nitrogens with one attached hydrogen (secondary N) is 1. The molecule has 0 bridgehead atoms. The minimum absolute atomic E-state index is 0.0483. The molecule has 1 saturated carbocycles. The summed E-state index contributed by atoms with van der Waals surface area (Å²) in [5, 5.41) is 3.00. The molecule has 0 spiro atoms. The number of benzene rings is 1. The van der Waals surface area contributed by atoms with Gasteiger partial charge in [0.05, 0.1) is 0 Å². The Bertz CT molecular complexity index is 640. The van der Waals surface area contributed by atoms with Gasteiger partial charge in [0.2, 0.25) is 11.8 Å². The van der Waals surface area contributed by atoms with Crippen LogP contribution in [0.2, 0.25) is 0 Å². The highest BCUT2D eigenvalue weighted by Gasteiger charge is 2.24. The Hall–Kier alpha value is -1.88. The molecule has 5 nitrogen and oxygen atoms in total. The largest absolute Gasteiger partial charge is 0.355 e. The second kappa shape index (κ2) is 9.88. The van der Waals surface area contributed by atoms with Crippen molar-refractivity contribution < 1.29 is 9.59 Å². The maximum Gasteiger partial charge on any atom is 0.240 e. The molecule has 1 aromatic carbocycles. The standard InChI is InChI=1S/C22H33N3O2/c1-24(19-11-3-2-4-12-19)16-8-15-23-21(26)17-25-20-13-6-5-9-18(20)10-7-14-22(25)27/h5-6,9,13,19H,2-4,7-8,10-12,14-17H2,1H3,(H,23,26). The normalized spacial score (nSPS) is 18.3. The minimum Gasteiger partial charge on any atom is -0.355 e. The summed E-state index contributed by atoms with van der Waals surface area (Å²) in [5.41, 5.74) is 2.05. The van der Waals surface area contributed by atoms with Gasteiger partial charge in [0.1, 0.15) is 6.54 Å². The summed E-state index contributed by atoms with van der Waals surface area (Å²) in [6.07, 6.45) is 9.87. The lowest BCUT2D eigenvalue weighted by molar-refractivity contribution is -0.123. The van der Waals surface area contributed by atoms with Crippen LogP contribution < -0.4 is 10.2 Å². The van der Waals surface area contributed by atoms with Crippen molar-refractivity contribution in [2.24, 2.45) is 0 Å². The summed E-state index contributed by atoms with van der Waals surface area (Å²) in [6.45, 7) is 1.80. The number of para-hydroxylation sites is 1. The first kappa shape index (κ1) is 19.9. The average molecular weight is 372 g/mol. The lowest BCUT2D eigenvalue weighted by Gasteiger charge is -2.31. The number of anilines is 1. The van der Waals surface area contributed by atoms with Gasteiger partial charge in [-0.1, -0.05) is 37.5 Å². The predicted octanol–water partition coefficient (Wildman–Crippen LogP) is 3.13. The summed E-state index contributed by atoms with van der Waals surface area (Å²) in [5.74, 6) is -0.0208. The number of fused-ring (bicyclic) bond motifs is 1. The molecule has 0 radical (unpaired) electrons. The van der Waals surface area contributed by atoms with Crippen molar-refractivity contribution in [2.75, 3.05) is 31.6 Å². The average Bonchev–Trinajstić information content (AvgIpc) is 2.85. The molecule has 1 fully saturated rings. The van der Waals surface area contributed by atoms with Crippen LogP contribution >= 0.6 is 0 Å². The van der Waals surface area contributed by atoms with Gasteiger partial charge < -0.3 is 15.1 Å². The molecule has 1 aliphatic carbocycles. The van der Waals surface area contributed by atoms with E-state index in [1.54, 1.807) is 4.90 Å². The Morgan fingerprint density at radius 3 is 2.74 bits per heavy atom. The summed E-state index contributed by atoms with van der Waals surface area (Å²) in [6, 6.07) is 8.64. The summed E-state index contributed by atoms with van der Waals surface area (Å²) >= 11 is 0. The van der Waals surface area contributed by atoms with E-state index in [9.17, 15) is 9.59 Å². The molecule has 0 unspecified atom stereocenters. The topological polar surface area (TPSA) is 52.7 Å². The molecular weight excluding hydrogens is 338 g/mol. The molecular formula is C22H33N3O2. The first-order chi connectivity index (χ1) is 13.1. The van der Waals surface area contributed by atoms with Gasteiger partial charge >= 0.3 is 0 Å². The molecule has 5 heteroatoms. The van der Waals surface area contributed by atoms with E-state index in [1.165, 1.54) is 32.1 Å². The van der Waals surface area contributed by atoms with Crippen LogP contribution in [0.5, 0.6) is 0 Å². The SMILES string of the molecule is CN(CCCNC(=O)CN1C(=O)CCCc2ccccc21)C1CCCCC1. The van der Waals surface area contributed by atoms with Crippen LogP contribution in [0.25, 0.3) is 0 Å². The molecule has 2 aliphatic rings. The van der Waals surface area contributed by atoms with Gasteiger partial charge in [-0.3, -0.25) is 9.59 Å². The fraction of sp³-hybridized carbons (Fsp3) is 0.636. The van der Waals surface area contributed by atoms with Crippen LogP contribution in [0.4, 0.5) is 5.69 Å². The lowest BCUT2D eigenvalue weighted by atomic mass is 9.94. The van der Waals surface area contributed by atoms with Crippen molar-refractivity contribution >= 4 is 17.5 Å². The number of hydrogen-bond acceptors (Lipinski definition) is 3. The number of nitrogens with zero attached hydrogens (tertiary/aromatic N) is 2. The van der Waals surface area contributed by atoms with Gasteiger partial charge in [-0.25, -0.2) is 0 Å². The molecule has 1 N–H and O–H groups in total. The highest BCUT2D eigenvalue weighted by molar-refractivity contribution is 5.99. The molecule has 1 aromatic rings. The second-order valence-electron chi connectivity index (χ2n) is 7.94. The van der Waals surface area contributed by atoms with Crippen molar-refractivity contribution in [3.8, 4) is 0 Å². The Morgan fingerprint density at radius 1 is 1.15 bits per heavy atom. The van der Waals surface area contributed by atoms with E-state index in [1.807, 2.05) is 18.2 Å². The second-order valence-corrected chi connectivity index (χ2v) is 7.94. The number of rotatable bonds is 7. The smallest absolute Gasteiger partial charge is 0.240 e. The van der Waals surface area contributed by atoms with Crippen molar-refractivity contribution in [3.05, 3.63) is 29.8 Å². The molecule has 3 rings (SSSR count). The Labute approximate surface area is 163 Å². The molecule has 27 heavy (non-hydrogen) atoms. The van der Waals surface area contributed by atoms with Crippen LogP contribution in [0, 0.1) is 0 Å². The highest BCUT2D eigenvalue weighted by Crippen LogP contribution is 2.26. The van der Waals surface area contributed by atoms with Crippen molar-refractivity contribution in [2.45, 2.75) is 63.8 Å². The highest BCUT2D eigenvalue weighted by atomic mass is 16.2. The first-order valence-corrected chi connectivity index (χ1v) is 10.5. The number of carbonyl (C=O) groups is 2. The van der Waals surface area contributed by atoms with E-state index in [2.05, 4.69) is 23.3 Å². The predicted molar refractivity (Wildman–Crippen MR) is 109 cm³/mol. The Balaban J connectivity index is 1.44. The van der Waals surface area contributed by atoms with Crippen LogP contribution in [0.1, 0.15) is 56.9 Å². The monoisotopic (exact) mass is 371 g/mol. The van der Waals surface area contributed by atoms with E-state index >= 15 is 0 Å². The quantitative estimate of drug-likeness (QED) is 0.749. The minimum atomic E-state index is -0.0691. The molecule has 148 valence electrons. The zero-order valence-corrected chi connectivity index (χ0v) is 16.6. The zero-order chi connectivity index (χ0) is 19.1. The van der Waals surface area contributed by atoms with E-state index in [4.69, 9.17) is 0 Å². The summed E-state index contributed by atoms with van der Waals surface area (Å²) in [7, 11) is 2.20. The lowest BCUT2D eigenvalue weighted by Crippen LogP contribution is -2.41. The van der Waals surface area contributed by atoms with Crippen LogP contribution in [-0.2, 0) is 16.0 Å². The Kier molecular flexibility index (Phi) is 7.27. The molecule has 1 heterocycles. The van der Waals surface area contributed by atoms with Crippen LogP contribution in [0.3, 0.4) is 0 Å². The molecule has 2 amide bonds. The third kappa shape index (κ3) is 5.55. The van der Waals surface area contributed by atoms with Gasteiger partial charge in [0.15, 0.2) is 0 Å². The maximum atomic E-state index is 12.4. The maximum absolute atomic E-state index is 12.4. The third-order valence-electron chi connectivity index (χ3n) is 5.93. The van der Waals surface area contributed by atoms with Crippen molar-refractivity contribution in [3.63, 3.8) is 0 Å². The number of amides is 2. The summed E-state index contributed by atoms with van der Waals surface area (Å²) in [4.78, 5) is 29.0. The van der Waals surface area contributed by atoms with Gasteiger partial charge in [0, 0.05) is 24.7 Å². The first-order valence-electron chi connectivity index (χ1n) is 10.5. The van der Waals surface area contributed by atoms with E-state index in [0.29, 0.717) is 19.0 Å². The van der Waals surface area contributed by atoms with Crippen molar-refractivity contribution in [1.29, 1.82) is 0 Å². The Morgan fingerprint density at radius 2 is 1.93 bits per heavy atom. The van der Waals surface area contributed by atoms with E-state index in [0.717, 1.165) is 37.1 Å². The zero-order valence-electron chi connectivity index (χ0n) is 16.6. The fourth-order valence-corrected chi connectivity index (χ4v) is 4.32. The molecule has 0 aromatic heterocycles. The van der Waals surface area contributed by atoms with Gasteiger partial charge in [-0.15, -0.1) is 0 Å². The van der Waals surface area contributed by atoms with Gasteiger partial charge in [0.25, 0.3) is 0 Å². The third-order valence-corrected chi connectivity index (χ3v) is 5.93. The number of hydrogen-bond donors (Lipinski definition) is 1. The van der Waals surface area contributed by atoms with E-state index in [-0.39, 0.29) is 18.4 Å². The van der Waals surface area contributed by atoms with Crippen molar-refractivity contribution in [1.82, 2.24) is 10.2 Å². The van der Waals surface area contributed by atoms with Gasteiger partial charge in [-0.2, -0.15) is 0 Å². The van der Waals surface area contributed by atoms with Crippen LogP contribution in [-0.4, -0.2) is 49.4 Å².